The maximum Gasteiger partial charge on any atom is 0.311 e. The second-order valence-electron chi connectivity index (χ2n) is 5.38. The molecule has 1 aromatic carbocycles. The van der Waals surface area contributed by atoms with E-state index in [1.54, 1.807) is 0 Å². The van der Waals surface area contributed by atoms with E-state index >= 15 is 0 Å². The van der Waals surface area contributed by atoms with E-state index < -0.39 is 11.9 Å². The molecule has 0 saturated carbocycles. The highest BCUT2D eigenvalue weighted by atomic mass is 35.5. The first-order chi connectivity index (χ1) is 10.9. The average Bonchev–Trinajstić information content (AvgIpc) is 2.44. The van der Waals surface area contributed by atoms with Gasteiger partial charge in [0.25, 0.3) is 0 Å². The van der Waals surface area contributed by atoms with Crippen molar-refractivity contribution in [2.75, 3.05) is 0 Å². The molecule has 6 heteroatoms. The Bertz CT molecular complexity index is 511. The van der Waals surface area contributed by atoms with Crippen molar-refractivity contribution < 1.29 is 19.1 Å². The highest BCUT2D eigenvalue weighted by molar-refractivity contribution is 6.34. The molecule has 0 heterocycles. The molecule has 128 valence electrons. The first-order valence-electron chi connectivity index (χ1n) is 7.77. The minimum absolute atomic E-state index is 0.00868. The van der Waals surface area contributed by atoms with E-state index in [0.717, 1.165) is 25.7 Å². The van der Waals surface area contributed by atoms with E-state index in [0.29, 0.717) is 10.0 Å². The lowest BCUT2D eigenvalue weighted by Crippen LogP contribution is -2.17. The number of carbonyl (C=O) groups excluding carboxylic acids is 2. The monoisotopic (exact) mass is 360 g/mol. The molecule has 0 fully saturated rings. The van der Waals surface area contributed by atoms with Crippen LogP contribution in [0.4, 0.5) is 0 Å². The van der Waals surface area contributed by atoms with Crippen LogP contribution < -0.4 is 4.74 Å². The highest BCUT2D eigenvalue weighted by Crippen LogP contribution is 2.24. The van der Waals surface area contributed by atoms with Crippen LogP contribution in [0.25, 0.3) is 0 Å². The molecular weight excluding hydrogens is 339 g/mol. The van der Waals surface area contributed by atoms with Crippen molar-refractivity contribution in [2.45, 2.75) is 58.5 Å². The van der Waals surface area contributed by atoms with E-state index in [1.165, 1.54) is 18.2 Å². The van der Waals surface area contributed by atoms with Crippen LogP contribution in [0.1, 0.15) is 52.4 Å². The summed E-state index contributed by atoms with van der Waals surface area (Å²) in [6, 6.07) is 4.51. The Hall–Kier alpha value is -1.26. The minimum atomic E-state index is -0.529. The Morgan fingerprint density at radius 3 is 2.26 bits per heavy atom. The number of halogens is 2. The fourth-order valence-corrected chi connectivity index (χ4v) is 2.50. The predicted octanol–water partition coefficient (Wildman–Crippen LogP) is 5.19. The largest absolute Gasteiger partial charge is 0.463 e. The van der Waals surface area contributed by atoms with Gasteiger partial charge in [-0.05, 0) is 38.0 Å². The van der Waals surface area contributed by atoms with Gasteiger partial charge in [0.15, 0.2) is 0 Å². The van der Waals surface area contributed by atoms with Gasteiger partial charge in [-0.25, -0.2) is 0 Å². The first-order valence-corrected chi connectivity index (χ1v) is 8.52. The zero-order valence-electron chi connectivity index (χ0n) is 13.4. The first kappa shape index (κ1) is 19.8. The minimum Gasteiger partial charge on any atom is -0.463 e. The summed E-state index contributed by atoms with van der Waals surface area (Å²) < 4.78 is 10.3. The molecule has 0 saturated heterocycles. The van der Waals surface area contributed by atoms with Crippen molar-refractivity contribution >= 4 is 35.1 Å². The fourth-order valence-electron chi connectivity index (χ4n) is 2.00. The molecule has 1 aromatic rings. The number of benzene rings is 1. The van der Waals surface area contributed by atoms with Crippen LogP contribution in [0.5, 0.6) is 5.75 Å². The molecule has 1 unspecified atom stereocenters. The van der Waals surface area contributed by atoms with Gasteiger partial charge >= 0.3 is 11.9 Å². The van der Waals surface area contributed by atoms with Gasteiger partial charge in [0.05, 0.1) is 18.9 Å². The van der Waals surface area contributed by atoms with Crippen molar-refractivity contribution in [3.8, 4) is 5.75 Å². The molecule has 0 spiro atoms. The number of rotatable bonds is 9. The molecule has 0 aliphatic rings. The Labute approximate surface area is 147 Å². The van der Waals surface area contributed by atoms with Crippen LogP contribution in [0.3, 0.4) is 0 Å². The average molecular weight is 361 g/mol. The van der Waals surface area contributed by atoms with Crippen molar-refractivity contribution in [3.63, 3.8) is 0 Å². The van der Waals surface area contributed by atoms with Gasteiger partial charge in [-0.2, -0.15) is 0 Å². The predicted molar refractivity (Wildman–Crippen MR) is 91.0 cm³/mol. The number of ether oxygens (including phenoxy) is 2. The van der Waals surface area contributed by atoms with Gasteiger partial charge in [0.2, 0.25) is 0 Å². The van der Waals surface area contributed by atoms with Gasteiger partial charge in [-0.1, -0.05) is 43.0 Å². The number of esters is 2. The molecule has 0 aromatic heterocycles. The van der Waals surface area contributed by atoms with Gasteiger partial charge in [0.1, 0.15) is 5.75 Å². The zero-order valence-corrected chi connectivity index (χ0v) is 15.0. The Kier molecular flexibility index (Phi) is 9.03. The number of hydrogen-bond acceptors (Lipinski definition) is 4. The normalized spacial score (nSPS) is 11.8. The summed E-state index contributed by atoms with van der Waals surface area (Å²) in [4.78, 5) is 23.4. The van der Waals surface area contributed by atoms with E-state index in [1.807, 2.05) is 6.92 Å². The molecule has 4 nitrogen and oxygen atoms in total. The summed E-state index contributed by atoms with van der Waals surface area (Å²) in [5, 5.41) is 0.751. The van der Waals surface area contributed by atoms with Gasteiger partial charge in [0, 0.05) is 10.0 Å². The lowest BCUT2D eigenvalue weighted by atomic mass is 10.1. The van der Waals surface area contributed by atoms with E-state index in [-0.39, 0.29) is 24.7 Å². The molecule has 0 bridgehead atoms. The zero-order chi connectivity index (χ0) is 17.2. The van der Waals surface area contributed by atoms with Crippen LogP contribution in [-0.4, -0.2) is 18.0 Å². The van der Waals surface area contributed by atoms with E-state index in [2.05, 4.69) is 6.92 Å². The SMILES string of the molecule is CCCCCC(C)OC(=O)CCC(=O)Oc1cc(Cl)cc(Cl)c1. The standard InChI is InChI=1S/C17H22Cl2O4/c1-3-4-5-6-12(2)22-16(20)7-8-17(21)23-15-10-13(18)9-14(19)11-15/h9-12H,3-8H2,1-2H3. The highest BCUT2D eigenvalue weighted by Gasteiger charge is 2.13. The summed E-state index contributed by atoms with van der Waals surface area (Å²) in [6.07, 6.45) is 3.93. The third kappa shape index (κ3) is 8.82. The van der Waals surface area contributed by atoms with Crippen molar-refractivity contribution in [1.29, 1.82) is 0 Å². The third-order valence-corrected chi connectivity index (χ3v) is 3.58. The molecule has 0 radical (unpaired) electrons. The molecular formula is C17H22Cl2O4. The van der Waals surface area contributed by atoms with Crippen LogP contribution >= 0.6 is 23.2 Å². The lowest BCUT2D eigenvalue weighted by molar-refractivity contribution is -0.151. The van der Waals surface area contributed by atoms with Crippen LogP contribution in [0, 0.1) is 0 Å². The van der Waals surface area contributed by atoms with Crippen molar-refractivity contribution in [3.05, 3.63) is 28.2 Å². The quantitative estimate of drug-likeness (QED) is 0.345. The third-order valence-electron chi connectivity index (χ3n) is 3.15. The molecule has 0 N–H and O–H groups in total. The van der Waals surface area contributed by atoms with E-state index in [9.17, 15) is 9.59 Å². The summed E-state index contributed by atoms with van der Waals surface area (Å²) in [5.41, 5.74) is 0. The van der Waals surface area contributed by atoms with Crippen molar-refractivity contribution in [2.24, 2.45) is 0 Å². The summed E-state index contributed by atoms with van der Waals surface area (Å²) in [6.45, 7) is 3.98. The van der Waals surface area contributed by atoms with Gasteiger partial charge in [-0.15, -0.1) is 0 Å². The maximum atomic E-state index is 11.7. The molecule has 1 rings (SSSR count). The van der Waals surface area contributed by atoms with Gasteiger partial charge < -0.3 is 9.47 Å². The number of unbranched alkanes of at least 4 members (excludes halogenated alkanes) is 2. The molecule has 0 amide bonds. The summed E-state index contributed by atoms with van der Waals surface area (Å²) in [7, 11) is 0. The second-order valence-corrected chi connectivity index (χ2v) is 6.25. The number of carbonyl (C=O) groups is 2. The van der Waals surface area contributed by atoms with Gasteiger partial charge in [-0.3, -0.25) is 9.59 Å². The van der Waals surface area contributed by atoms with E-state index in [4.69, 9.17) is 32.7 Å². The molecule has 1 atom stereocenters. The Balaban J connectivity index is 2.30. The van der Waals surface area contributed by atoms with Crippen molar-refractivity contribution in [1.82, 2.24) is 0 Å². The van der Waals surface area contributed by atoms with Crippen LogP contribution in [-0.2, 0) is 14.3 Å². The molecule has 23 heavy (non-hydrogen) atoms. The Morgan fingerprint density at radius 2 is 1.65 bits per heavy atom. The second kappa shape index (κ2) is 10.5. The molecule has 0 aliphatic carbocycles. The summed E-state index contributed by atoms with van der Waals surface area (Å²) in [5.74, 6) is -0.664. The topological polar surface area (TPSA) is 52.6 Å². The summed E-state index contributed by atoms with van der Waals surface area (Å²) >= 11 is 11.6. The Morgan fingerprint density at radius 1 is 1.04 bits per heavy atom. The smallest absolute Gasteiger partial charge is 0.311 e. The lowest BCUT2D eigenvalue weighted by Gasteiger charge is -2.12. The molecule has 0 aliphatic heterocycles. The number of hydrogen-bond donors (Lipinski definition) is 0. The van der Waals surface area contributed by atoms with Crippen LogP contribution in [0.15, 0.2) is 18.2 Å². The fraction of sp³-hybridized carbons (Fsp3) is 0.529. The van der Waals surface area contributed by atoms with Crippen LogP contribution in [0.2, 0.25) is 10.0 Å². The maximum absolute atomic E-state index is 11.7.